The maximum Gasteiger partial charge on any atom is 0.0520 e. The molecule has 1 nitrogen and oxygen atoms in total. The van der Waals surface area contributed by atoms with Gasteiger partial charge in [-0.3, -0.25) is 0 Å². The fourth-order valence-corrected chi connectivity index (χ4v) is 3.20. The standard InChI is InChI=1S/C17H18BrN/c1-11-6-7-13-8-9-15(14(13)10-11)19-16-5-3-4-12(2)17(16)18/h3-7,10,15,19H,8-9H2,1-2H3. The molecule has 2 heteroatoms. The Balaban J connectivity index is 1.90. The molecule has 0 fully saturated rings. The molecule has 0 saturated carbocycles. The molecule has 0 heterocycles. The lowest BCUT2D eigenvalue weighted by Gasteiger charge is -2.18. The van der Waals surface area contributed by atoms with E-state index in [4.69, 9.17) is 0 Å². The fraction of sp³-hybridized carbons (Fsp3) is 0.294. The van der Waals surface area contributed by atoms with Crippen molar-refractivity contribution in [2.24, 2.45) is 0 Å². The summed E-state index contributed by atoms with van der Waals surface area (Å²) >= 11 is 3.68. The minimum atomic E-state index is 0.438. The van der Waals surface area contributed by atoms with Crippen LogP contribution in [0.1, 0.15) is 34.7 Å². The first-order chi connectivity index (χ1) is 9.15. The van der Waals surface area contributed by atoms with Crippen LogP contribution in [-0.4, -0.2) is 0 Å². The highest BCUT2D eigenvalue weighted by atomic mass is 79.9. The van der Waals surface area contributed by atoms with Crippen LogP contribution >= 0.6 is 15.9 Å². The normalized spacial score (nSPS) is 17.3. The third-order valence-corrected chi connectivity index (χ3v) is 4.95. The third-order valence-electron chi connectivity index (χ3n) is 3.90. The van der Waals surface area contributed by atoms with Gasteiger partial charge in [-0.2, -0.15) is 0 Å². The zero-order valence-corrected chi connectivity index (χ0v) is 12.9. The zero-order valence-electron chi connectivity index (χ0n) is 11.3. The molecule has 1 aliphatic carbocycles. The number of anilines is 1. The second kappa shape index (κ2) is 5.01. The monoisotopic (exact) mass is 315 g/mol. The van der Waals surface area contributed by atoms with Gasteiger partial charge in [0.1, 0.15) is 0 Å². The predicted octanol–water partition coefficient (Wildman–Crippen LogP) is 5.17. The third kappa shape index (κ3) is 2.42. The fourth-order valence-electron chi connectivity index (χ4n) is 2.82. The van der Waals surface area contributed by atoms with Crippen molar-refractivity contribution in [2.75, 3.05) is 5.32 Å². The van der Waals surface area contributed by atoms with Crippen LogP contribution in [0.15, 0.2) is 40.9 Å². The Morgan fingerprint density at radius 2 is 2.00 bits per heavy atom. The minimum Gasteiger partial charge on any atom is -0.377 e. The molecule has 1 atom stereocenters. The summed E-state index contributed by atoms with van der Waals surface area (Å²) in [5.74, 6) is 0. The van der Waals surface area contributed by atoms with Crippen molar-refractivity contribution in [2.45, 2.75) is 32.7 Å². The Hall–Kier alpha value is -1.28. The molecule has 3 rings (SSSR count). The van der Waals surface area contributed by atoms with Gasteiger partial charge in [0.25, 0.3) is 0 Å². The first-order valence-corrected chi connectivity index (χ1v) is 7.55. The first kappa shape index (κ1) is 12.7. The first-order valence-electron chi connectivity index (χ1n) is 6.76. The van der Waals surface area contributed by atoms with E-state index in [9.17, 15) is 0 Å². The minimum absolute atomic E-state index is 0.438. The summed E-state index contributed by atoms with van der Waals surface area (Å²) in [6, 6.07) is 13.6. The Kier molecular flexibility index (Phi) is 3.36. The quantitative estimate of drug-likeness (QED) is 0.806. The van der Waals surface area contributed by atoms with Crippen molar-refractivity contribution >= 4 is 21.6 Å². The summed E-state index contributed by atoms with van der Waals surface area (Å²) in [6.07, 6.45) is 2.36. The van der Waals surface area contributed by atoms with Crippen LogP contribution < -0.4 is 5.32 Å². The number of hydrogen-bond donors (Lipinski definition) is 1. The van der Waals surface area contributed by atoms with E-state index in [0.717, 1.165) is 0 Å². The van der Waals surface area contributed by atoms with Crippen molar-refractivity contribution < 1.29 is 0 Å². The van der Waals surface area contributed by atoms with Crippen LogP contribution in [0, 0.1) is 13.8 Å². The lowest BCUT2D eigenvalue weighted by atomic mass is 10.0. The Morgan fingerprint density at radius 1 is 1.16 bits per heavy atom. The van der Waals surface area contributed by atoms with E-state index >= 15 is 0 Å². The van der Waals surface area contributed by atoms with Gasteiger partial charge in [0, 0.05) is 10.2 Å². The molecule has 0 bridgehead atoms. The maximum absolute atomic E-state index is 3.69. The van der Waals surface area contributed by atoms with Gasteiger partial charge < -0.3 is 5.32 Å². The molecular weight excluding hydrogens is 298 g/mol. The van der Waals surface area contributed by atoms with E-state index < -0.39 is 0 Å². The van der Waals surface area contributed by atoms with Gasteiger partial charge in [-0.05, 0) is 65.4 Å². The smallest absolute Gasteiger partial charge is 0.0520 e. The molecule has 1 unspecified atom stereocenters. The highest BCUT2D eigenvalue weighted by molar-refractivity contribution is 9.10. The largest absolute Gasteiger partial charge is 0.377 e. The average molecular weight is 316 g/mol. The van der Waals surface area contributed by atoms with Gasteiger partial charge in [-0.1, -0.05) is 35.9 Å². The highest BCUT2D eigenvalue weighted by Crippen LogP contribution is 2.36. The predicted molar refractivity (Wildman–Crippen MR) is 84.7 cm³/mol. The Morgan fingerprint density at radius 3 is 2.84 bits per heavy atom. The number of rotatable bonds is 2. The lowest BCUT2D eigenvalue weighted by molar-refractivity contribution is 0.761. The highest BCUT2D eigenvalue weighted by Gasteiger charge is 2.22. The van der Waals surface area contributed by atoms with Crippen LogP contribution in [0.5, 0.6) is 0 Å². The van der Waals surface area contributed by atoms with Gasteiger partial charge >= 0.3 is 0 Å². The van der Waals surface area contributed by atoms with Crippen LogP contribution in [0.3, 0.4) is 0 Å². The summed E-state index contributed by atoms with van der Waals surface area (Å²) in [4.78, 5) is 0. The van der Waals surface area contributed by atoms with E-state index in [-0.39, 0.29) is 0 Å². The summed E-state index contributed by atoms with van der Waals surface area (Å²) < 4.78 is 1.18. The molecule has 0 aromatic heterocycles. The summed E-state index contributed by atoms with van der Waals surface area (Å²) in [5.41, 5.74) is 6.77. The van der Waals surface area contributed by atoms with E-state index in [0.29, 0.717) is 6.04 Å². The van der Waals surface area contributed by atoms with Crippen LogP contribution in [0.2, 0.25) is 0 Å². The molecule has 0 amide bonds. The maximum atomic E-state index is 3.69. The molecule has 0 radical (unpaired) electrons. The van der Waals surface area contributed by atoms with Gasteiger partial charge in [0.05, 0.1) is 6.04 Å². The van der Waals surface area contributed by atoms with Crippen LogP contribution in [0.25, 0.3) is 0 Å². The van der Waals surface area contributed by atoms with E-state index in [1.54, 1.807) is 0 Å². The summed E-state index contributed by atoms with van der Waals surface area (Å²) in [5, 5.41) is 3.69. The van der Waals surface area contributed by atoms with Crippen molar-refractivity contribution in [3.8, 4) is 0 Å². The lowest BCUT2D eigenvalue weighted by Crippen LogP contribution is -2.08. The van der Waals surface area contributed by atoms with Crippen molar-refractivity contribution in [3.63, 3.8) is 0 Å². The molecule has 0 aliphatic heterocycles. The number of benzene rings is 2. The second-order valence-corrected chi connectivity index (χ2v) is 6.17. The van der Waals surface area contributed by atoms with Crippen molar-refractivity contribution in [1.82, 2.24) is 0 Å². The Labute approximate surface area is 123 Å². The van der Waals surface area contributed by atoms with Gasteiger partial charge in [0.15, 0.2) is 0 Å². The number of aryl methyl sites for hydroxylation is 3. The average Bonchev–Trinajstić information content (AvgIpc) is 2.78. The number of halogens is 1. The van der Waals surface area contributed by atoms with E-state index in [2.05, 4.69) is 71.5 Å². The van der Waals surface area contributed by atoms with E-state index in [1.807, 2.05) is 0 Å². The Bertz CT molecular complexity index is 619. The summed E-state index contributed by atoms with van der Waals surface area (Å²) in [7, 11) is 0. The van der Waals surface area contributed by atoms with Crippen molar-refractivity contribution in [3.05, 3.63) is 63.1 Å². The molecule has 0 saturated heterocycles. The van der Waals surface area contributed by atoms with Gasteiger partial charge in [-0.15, -0.1) is 0 Å². The zero-order chi connectivity index (χ0) is 13.4. The summed E-state index contributed by atoms with van der Waals surface area (Å²) in [6.45, 7) is 4.29. The van der Waals surface area contributed by atoms with Crippen molar-refractivity contribution in [1.29, 1.82) is 0 Å². The topological polar surface area (TPSA) is 12.0 Å². The van der Waals surface area contributed by atoms with Gasteiger partial charge in [0.2, 0.25) is 0 Å². The van der Waals surface area contributed by atoms with E-state index in [1.165, 1.54) is 45.3 Å². The second-order valence-electron chi connectivity index (χ2n) is 5.37. The van der Waals surface area contributed by atoms with Gasteiger partial charge in [-0.25, -0.2) is 0 Å². The van der Waals surface area contributed by atoms with Crippen LogP contribution in [0.4, 0.5) is 5.69 Å². The molecule has 1 aliphatic rings. The number of nitrogens with one attached hydrogen (secondary N) is 1. The molecule has 2 aromatic carbocycles. The molecule has 2 aromatic rings. The molecular formula is C17H18BrN. The number of hydrogen-bond acceptors (Lipinski definition) is 1. The molecule has 98 valence electrons. The number of fused-ring (bicyclic) bond motifs is 1. The SMILES string of the molecule is Cc1ccc2c(c1)C(Nc1cccc(C)c1Br)CC2. The molecule has 19 heavy (non-hydrogen) atoms. The van der Waals surface area contributed by atoms with Crippen LogP contribution in [-0.2, 0) is 6.42 Å². The molecule has 0 spiro atoms. The molecule has 1 N–H and O–H groups in total.